The number of carbonyl (C=O) groups excluding carboxylic acids is 1. The maximum Gasteiger partial charge on any atom is 0.223 e. The highest BCUT2D eigenvalue weighted by Gasteiger charge is 2.24. The summed E-state index contributed by atoms with van der Waals surface area (Å²) in [7, 11) is 0. The smallest absolute Gasteiger partial charge is 0.223 e. The highest BCUT2D eigenvalue weighted by Crippen LogP contribution is 2.29. The van der Waals surface area contributed by atoms with Crippen molar-refractivity contribution in [1.82, 2.24) is 10.2 Å². The van der Waals surface area contributed by atoms with Gasteiger partial charge in [-0.05, 0) is 56.5 Å². The van der Waals surface area contributed by atoms with E-state index in [9.17, 15) is 4.79 Å². The summed E-state index contributed by atoms with van der Waals surface area (Å²) < 4.78 is 0. The second kappa shape index (κ2) is 9.84. The summed E-state index contributed by atoms with van der Waals surface area (Å²) in [6, 6.07) is 8.06. The zero-order valence-electron chi connectivity index (χ0n) is 14.9. The van der Waals surface area contributed by atoms with Gasteiger partial charge in [0, 0.05) is 35.0 Å². The molecule has 1 aliphatic heterocycles. The molecule has 1 aromatic rings. The minimum absolute atomic E-state index is 0.187. The van der Waals surface area contributed by atoms with Gasteiger partial charge in [0.1, 0.15) is 0 Å². The highest BCUT2D eigenvalue weighted by molar-refractivity contribution is 7.99. The van der Waals surface area contributed by atoms with Crippen molar-refractivity contribution in [2.45, 2.75) is 50.3 Å². The van der Waals surface area contributed by atoms with Gasteiger partial charge in [0.15, 0.2) is 0 Å². The van der Waals surface area contributed by atoms with E-state index < -0.39 is 0 Å². The SMILES string of the molecule is O=C(NCCSC1CCCC1)C1CCN(Cc2cccc(Cl)c2)CC1. The first-order chi connectivity index (χ1) is 12.2. The van der Waals surface area contributed by atoms with Crippen LogP contribution in [0, 0.1) is 5.92 Å². The predicted molar refractivity (Wildman–Crippen MR) is 107 cm³/mol. The van der Waals surface area contributed by atoms with Crippen molar-refractivity contribution in [3.05, 3.63) is 34.9 Å². The molecule has 25 heavy (non-hydrogen) atoms. The highest BCUT2D eigenvalue weighted by atomic mass is 35.5. The van der Waals surface area contributed by atoms with Crippen LogP contribution in [0.3, 0.4) is 0 Å². The second-order valence-electron chi connectivity index (χ2n) is 7.25. The van der Waals surface area contributed by atoms with E-state index in [1.165, 1.54) is 31.2 Å². The van der Waals surface area contributed by atoms with Crippen molar-refractivity contribution in [2.75, 3.05) is 25.4 Å². The Bertz CT molecular complexity index is 554. The summed E-state index contributed by atoms with van der Waals surface area (Å²) in [5, 5.41) is 4.79. The molecular formula is C20H29ClN2OS. The van der Waals surface area contributed by atoms with Crippen LogP contribution in [-0.2, 0) is 11.3 Å². The molecule has 0 aromatic heterocycles. The van der Waals surface area contributed by atoms with Crippen molar-refractivity contribution in [3.8, 4) is 0 Å². The van der Waals surface area contributed by atoms with Crippen LogP contribution in [0.5, 0.6) is 0 Å². The molecule has 1 aromatic carbocycles. The Morgan fingerprint density at radius 1 is 1.20 bits per heavy atom. The number of hydrogen-bond donors (Lipinski definition) is 1. The molecule has 5 heteroatoms. The van der Waals surface area contributed by atoms with Crippen LogP contribution in [0.2, 0.25) is 5.02 Å². The molecule has 1 saturated carbocycles. The average Bonchev–Trinajstić information content (AvgIpc) is 3.13. The molecule has 0 spiro atoms. The van der Waals surface area contributed by atoms with E-state index in [2.05, 4.69) is 16.3 Å². The molecule has 2 aliphatic rings. The zero-order chi connectivity index (χ0) is 17.5. The fourth-order valence-electron chi connectivity index (χ4n) is 3.85. The number of carbonyl (C=O) groups is 1. The lowest BCUT2D eigenvalue weighted by Gasteiger charge is -2.31. The second-order valence-corrected chi connectivity index (χ2v) is 9.09. The molecule has 0 unspecified atom stereocenters. The lowest BCUT2D eigenvalue weighted by Crippen LogP contribution is -2.40. The molecule has 1 N–H and O–H groups in total. The van der Waals surface area contributed by atoms with Gasteiger partial charge in [-0.3, -0.25) is 9.69 Å². The molecule has 1 heterocycles. The lowest BCUT2D eigenvalue weighted by molar-refractivity contribution is -0.126. The summed E-state index contributed by atoms with van der Waals surface area (Å²) in [6.07, 6.45) is 7.42. The number of hydrogen-bond acceptors (Lipinski definition) is 3. The fourth-order valence-corrected chi connectivity index (χ4v) is 5.28. The number of piperidine rings is 1. The van der Waals surface area contributed by atoms with Gasteiger partial charge in [-0.25, -0.2) is 0 Å². The molecule has 1 amide bonds. The van der Waals surface area contributed by atoms with Crippen molar-refractivity contribution in [3.63, 3.8) is 0 Å². The number of amides is 1. The standard InChI is InChI=1S/C20H29ClN2OS/c21-18-5-3-4-16(14-18)15-23-11-8-17(9-12-23)20(24)22-10-13-25-19-6-1-2-7-19/h3-5,14,17,19H,1-2,6-13,15H2,(H,22,24). The quantitative estimate of drug-likeness (QED) is 0.714. The molecule has 3 rings (SSSR count). The van der Waals surface area contributed by atoms with E-state index >= 15 is 0 Å². The summed E-state index contributed by atoms with van der Waals surface area (Å²) in [4.78, 5) is 14.8. The summed E-state index contributed by atoms with van der Waals surface area (Å²) >= 11 is 8.10. The number of nitrogens with zero attached hydrogens (tertiary/aromatic N) is 1. The van der Waals surface area contributed by atoms with Gasteiger partial charge >= 0.3 is 0 Å². The fraction of sp³-hybridized carbons (Fsp3) is 0.650. The largest absolute Gasteiger partial charge is 0.355 e. The molecule has 1 saturated heterocycles. The normalized spacial score (nSPS) is 20.0. The van der Waals surface area contributed by atoms with Gasteiger partial charge in [0.2, 0.25) is 5.91 Å². The van der Waals surface area contributed by atoms with E-state index in [0.29, 0.717) is 0 Å². The molecule has 0 atom stereocenters. The van der Waals surface area contributed by atoms with E-state index in [4.69, 9.17) is 11.6 Å². The van der Waals surface area contributed by atoms with Crippen LogP contribution in [-0.4, -0.2) is 41.4 Å². The van der Waals surface area contributed by atoms with Crippen LogP contribution in [0.1, 0.15) is 44.1 Å². The number of likely N-dealkylation sites (tertiary alicyclic amines) is 1. The average molecular weight is 381 g/mol. The Morgan fingerprint density at radius 3 is 2.68 bits per heavy atom. The Hall–Kier alpha value is -0.710. The third-order valence-corrected chi connectivity index (χ3v) is 6.93. The van der Waals surface area contributed by atoms with Gasteiger partial charge < -0.3 is 5.32 Å². The first kappa shape index (κ1) is 19.1. The molecule has 0 bridgehead atoms. The van der Waals surface area contributed by atoms with Crippen molar-refractivity contribution in [2.24, 2.45) is 5.92 Å². The topological polar surface area (TPSA) is 32.3 Å². The first-order valence-electron chi connectivity index (χ1n) is 9.57. The maximum atomic E-state index is 12.3. The molecular weight excluding hydrogens is 352 g/mol. The number of benzene rings is 1. The Morgan fingerprint density at radius 2 is 1.96 bits per heavy atom. The van der Waals surface area contributed by atoms with Gasteiger partial charge in [-0.15, -0.1) is 0 Å². The lowest BCUT2D eigenvalue weighted by atomic mass is 9.95. The third kappa shape index (κ3) is 6.19. The summed E-state index contributed by atoms with van der Waals surface area (Å²) in [5.41, 5.74) is 1.25. The van der Waals surface area contributed by atoms with Gasteiger partial charge in [0.05, 0.1) is 0 Å². The number of halogens is 1. The van der Waals surface area contributed by atoms with Crippen LogP contribution in [0.25, 0.3) is 0 Å². The minimum atomic E-state index is 0.187. The van der Waals surface area contributed by atoms with E-state index in [0.717, 1.165) is 55.0 Å². The van der Waals surface area contributed by atoms with Crippen LogP contribution < -0.4 is 5.32 Å². The van der Waals surface area contributed by atoms with Crippen molar-refractivity contribution < 1.29 is 4.79 Å². The van der Waals surface area contributed by atoms with E-state index in [1.807, 2.05) is 30.0 Å². The minimum Gasteiger partial charge on any atom is -0.355 e. The Balaban J connectivity index is 1.31. The van der Waals surface area contributed by atoms with Crippen LogP contribution >= 0.6 is 23.4 Å². The van der Waals surface area contributed by atoms with E-state index in [1.54, 1.807) is 0 Å². The third-order valence-electron chi connectivity index (χ3n) is 5.31. The van der Waals surface area contributed by atoms with E-state index in [-0.39, 0.29) is 11.8 Å². The first-order valence-corrected chi connectivity index (χ1v) is 11.0. The Labute approximate surface area is 160 Å². The molecule has 3 nitrogen and oxygen atoms in total. The van der Waals surface area contributed by atoms with Crippen LogP contribution in [0.4, 0.5) is 0 Å². The van der Waals surface area contributed by atoms with Gasteiger partial charge in [-0.1, -0.05) is 36.6 Å². The van der Waals surface area contributed by atoms with Crippen molar-refractivity contribution >= 4 is 29.3 Å². The molecule has 2 fully saturated rings. The van der Waals surface area contributed by atoms with Gasteiger partial charge in [-0.2, -0.15) is 11.8 Å². The number of nitrogens with one attached hydrogen (secondary N) is 1. The van der Waals surface area contributed by atoms with Gasteiger partial charge in [0.25, 0.3) is 0 Å². The van der Waals surface area contributed by atoms with Crippen LogP contribution in [0.15, 0.2) is 24.3 Å². The maximum absolute atomic E-state index is 12.3. The number of rotatable bonds is 7. The number of thioether (sulfide) groups is 1. The Kier molecular flexibility index (Phi) is 7.50. The predicted octanol–water partition coefficient (Wildman–Crippen LogP) is 4.34. The molecule has 138 valence electrons. The summed E-state index contributed by atoms with van der Waals surface area (Å²) in [6.45, 7) is 3.72. The van der Waals surface area contributed by atoms with Crippen molar-refractivity contribution in [1.29, 1.82) is 0 Å². The monoisotopic (exact) mass is 380 g/mol. The zero-order valence-corrected chi connectivity index (χ0v) is 16.5. The molecule has 1 aliphatic carbocycles. The summed E-state index contributed by atoms with van der Waals surface area (Å²) in [5.74, 6) is 1.51. The molecule has 0 radical (unpaired) electrons.